The summed E-state index contributed by atoms with van der Waals surface area (Å²) in [6.07, 6.45) is -2.99. The summed E-state index contributed by atoms with van der Waals surface area (Å²) in [4.78, 5) is 22.1. The maximum absolute atomic E-state index is 13.6. The van der Waals surface area contributed by atoms with Gasteiger partial charge >= 0.3 is 6.18 Å². The molecule has 3 heterocycles. The number of nitrogens with zero attached hydrogens (tertiary/aromatic N) is 4. The Morgan fingerprint density at radius 3 is 2.28 bits per heavy atom. The minimum Gasteiger partial charge on any atom is -0.484 e. The van der Waals surface area contributed by atoms with Crippen LogP contribution < -0.4 is 14.2 Å². The third kappa shape index (κ3) is 8.08. The van der Waals surface area contributed by atoms with Gasteiger partial charge in [-0.1, -0.05) is 42.5 Å². The largest absolute Gasteiger partial charge is 0.484 e. The Bertz CT molecular complexity index is 2390. The fourth-order valence-electron chi connectivity index (χ4n) is 6.45. The standard InChI is InChI=1S/C39H36F3N5O5S/c1-26-7-15-36(33-6-4-3-5-32(26)33)53(49,50)44-29-11-16-37(43-23-29)52-31-14-10-28-21-35(45(2)34(28)22-31)38(48)47-19-17-46(18-20-47)24-27-8-12-30(13-9-27)51-25-39(40,41)42/h3-16,21-23,44H,17-20,24-25H2,1-2H3. The van der Waals surface area contributed by atoms with E-state index in [1.165, 1.54) is 18.3 Å². The number of hydrogen-bond acceptors (Lipinski definition) is 7. The molecule has 4 aromatic carbocycles. The lowest BCUT2D eigenvalue weighted by molar-refractivity contribution is -0.153. The summed E-state index contributed by atoms with van der Waals surface area (Å²) in [5, 5.41) is 2.37. The van der Waals surface area contributed by atoms with Crippen LogP contribution in [0.5, 0.6) is 17.4 Å². The number of ether oxygens (including phenoxy) is 2. The molecule has 1 aliphatic heterocycles. The fraction of sp³-hybridized carbons (Fsp3) is 0.231. The van der Waals surface area contributed by atoms with Crippen LogP contribution >= 0.6 is 0 Å². The molecule has 1 N–H and O–H groups in total. The first-order valence-corrected chi connectivity index (χ1v) is 18.4. The number of nitrogens with one attached hydrogen (secondary N) is 1. The van der Waals surface area contributed by atoms with Crippen LogP contribution in [0.4, 0.5) is 18.9 Å². The molecule has 1 fully saturated rings. The number of sulfonamides is 1. The van der Waals surface area contributed by atoms with Gasteiger partial charge in [0, 0.05) is 62.7 Å². The molecule has 0 unspecified atom stereocenters. The number of alkyl halides is 3. The normalized spacial score (nSPS) is 14.1. The number of benzene rings is 4. The number of carbonyl (C=O) groups is 1. The average Bonchev–Trinajstić information content (AvgIpc) is 3.47. The Balaban J connectivity index is 0.958. The van der Waals surface area contributed by atoms with Gasteiger partial charge in [0.05, 0.1) is 22.3 Å². The summed E-state index contributed by atoms with van der Waals surface area (Å²) in [6, 6.07) is 27.8. The molecule has 0 saturated carbocycles. The van der Waals surface area contributed by atoms with Crippen molar-refractivity contribution in [2.45, 2.75) is 24.5 Å². The third-order valence-corrected chi connectivity index (χ3v) is 10.7. The summed E-state index contributed by atoms with van der Waals surface area (Å²) >= 11 is 0. The van der Waals surface area contributed by atoms with E-state index < -0.39 is 22.8 Å². The van der Waals surface area contributed by atoms with Crippen LogP contribution in [0, 0.1) is 6.92 Å². The second-order valence-electron chi connectivity index (χ2n) is 12.9. The number of pyridine rings is 1. The molecule has 14 heteroatoms. The molecule has 10 nitrogen and oxygen atoms in total. The van der Waals surface area contributed by atoms with E-state index in [9.17, 15) is 26.4 Å². The van der Waals surface area contributed by atoms with Crippen LogP contribution in [0.15, 0.2) is 108 Å². The minimum absolute atomic E-state index is 0.0877. The van der Waals surface area contributed by atoms with Crippen molar-refractivity contribution < 1.29 is 35.9 Å². The number of hydrogen-bond donors (Lipinski definition) is 1. The average molecular weight is 744 g/mol. The second kappa shape index (κ2) is 14.4. The van der Waals surface area contributed by atoms with Crippen molar-refractivity contribution in [2.24, 2.45) is 7.05 Å². The minimum atomic E-state index is -4.39. The van der Waals surface area contributed by atoms with E-state index in [4.69, 9.17) is 9.47 Å². The van der Waals surface area contributed by atoms with Gasteiger partial charge in [-0.3, -0.25) is 14.4 Å². The van der Waals surface area contributed by atoms with E-state index in [0.717, 1.165) is 27.4 Å². The highest BCUT2D eigenvalue weighted by Gasteiger charge is 2.29. The van der Waals surface area contributed by atoms with E-state index in [1.54, 1.807) is 48.5 Å². The van der Waals surface area contributed by atoms with E-state index in [2.05, 4.69) is 14.6 Å². The summed E-state index contributed by atoms with van der Waals surface area (Å²) in [6.45, 7) is 3.57. The maximum atomic E-state index is 13.6. The molecule has 0 radical (unpaired) electrons. The molecule has 6 aromatic rings. The smallest absolute Gasteiger partial charge is 0.422 e. The Morgan fingerprint density at radius 1 is 0.868 bits per heavy atom. The molecule has 7 rings (SSSR count). The van der Waals surface area contributed by atoms with Crippen molar-refractivity contribution in [1.29, 1.82) is 0 Å². The van der Waals surface area contributed by atoms with E-state index >= 15 is 0 Å². The van der Waals surface area contributed by atoms with Crippen LogP contribution in [0.25, 0.3) is 21.7 Å². The predicted molar refractivity (Wildman–Crippen MR) is 196 cm³/mol. The molecular weight excluding hydrogens is 708 g/mol. The van der Waals surface area contributed by atoms with Crippen LogP contribution in [0.2, 0.25) is 0 Å². The highest BCUT2D eigenvalue weighted by molar-refractivity contribution is 7.93. The van der Waals surface area contributed by atoms with Crippen molar-refractivity contribution >= 4 is 43.3 Å². The van der Waals surface area contributed by atoms with Gasteiger partial charge in [-0.25, -0.2) is 13.4 Å². The molecule has 0 spiro atoms. The van der Waals surface area contributed by atoms with Crippen LogP contribution in [-0.2, 0) is 23.6 Å². The molecule has 53 heavy (non-hydrogen) atoms. The number of rotatable bonds is 10. The number of piperazine rings is 1. The predicted octanol–water partition coefficient (Wildman–Crippen LogP) is 7.53. The van der Waals surface area contributed by atoms with Crippen molar-refractivity contribution in [2.75, 3.05) is 37.5 Å². The maximum Gasteiger partial charge on any atom is 0.422 e. The van der Waals surface area contributed by atoms with Gasteiger partial charge in [0.15, 0.2) is 6.61 Å². The Morgan fingerprint density at radius 2 is 1.58 bits per heavy atom. The van der Waals surface area contributed by atoms with Gasteiger partial charge in [0.25, 0.3) is 15.9 Å². The Kier molecular flexibility index (Phi) is 9.75. The number of amides is 1. The molecule has 0 atom stereocenters. The number of carbonyl (C=O) groups excluding carboxylic acids is 1. The molecule has 1 amide bonds. The second-order valence-corrected chi connectivity index (χ2v) is 14.6. The van der Waals surface area contributed by atoms with Crippen molar-refractivity contribution in [3.8, 4) is 17.4 Å². The first-order chi connectivity index (χ1) is 25.3. The molecule has 274 valence electrons. The number of halogens is 3. The molecule has 1 saturated heterocycles. The monoisotopic (exact) mass is 743 g/mol. The summed E-state index contributed by atoms with van der Waals surface area (Å²) < 4.78 is 79.1. The molecule has 2 aromatic heterocycles. The van der Waals surface area contributed by atoms with Crippen molar-refractivity contribution in [3.63, 3.8) is 0 Å². The Labute approximate surface area is 304 Å². The number of fused-ring (bicyclic) bond motifs is 2. The van der Waals surface area contributed by atoms with Crippen LogP contribution in [-0.4, -0.2) is 72.6 Å². The van der Waals surface area contributed by atoms with Gasteiger partial charge in [-0.05, 0) is 65.9 Å². The lowest BCUT2D eigenvalue weighted by Crippen LogP contribution is -2.48. The third-order valence-electron chi connectivity index (χ3n) is 9.23. The lowest BCUT2D eigenvalue weighted by Gasteiger charge is -2.34. The molecule has 0 bridgehead atoms. The molecule has 0 aliphatic carbocycles. The summed E-state index contributed by atoms with van der Waals surface area (Å²) in [5.41, 5.74) is 3.55. The first-order valence-electron chi connectivity index (χ1n) is 16.9. The van der Waals surface area contributed by atoms with E-state index in [1.807, 2.05) is 59.8 Å². The first kappa shape index (κ1) is 35.8. The number of aromatic nitrogens is 2. The van der Waals surface area contributed by atoms with Gasteiger partial charge in [0.1, 0.15) is 17.2 Å². The molecule has 1 aliphatic rings. The highest BCUT2D eigenvalue weighted by atomic mass is 32.2. The zero-order valence-electron chi connectivity index (χ0n) is 28.9. The summed E-state index contributed by atoms with van der Waals surface area (Å²) in [7, 11) is -2.06. The Hall–Kier alpha value is -5.60. The van der Waals surface area contributed by atoms with Crippen LogP contribution in [0.1, 0.15) is 21.6 Å². The van der Waals surface area contributed by atoms with E-state index in [-0.39, 0.29) is 28.1 Å². The van der Waals surface area contributed by atoms with Crippen molar-refractivity contribution in [3.05, 3.63) is 120 Å². The van der Waals surface area contributed by atoms with E-state index in [0.29, 0.717) is 49.6 Å². The van der Waals surface area contributed by atoms with Gasteiger partial charge in [-0.15, -0.1) is 0 Å². The fourth-order valence-corrected chi connectivity index (χ4v) is 7.71. The number of aryl methyl sites for hydroxylation is 2. The van der Waals surface area contributed by atoms with Crippen LogP contribution in [0.3, 0.4) is 0 Å². The van der Waals surface area contributed by atoms with Gasteiger partial charge < -0.3 is 18.9 Å². The number of anilines is 1. The SMILES string of the molecule is Cc1ccc(S(=O)(=O)Nc2ccc(Oc3ccc4cc(C(=O)N5CCN(Cc6ccc(OCC(F)(F)F)cc6)CC5)n(C)c4c3)nc2)c2ccccc12. The summed E-state index contributed by atoms with van der Waals surface area (Å²) in [5.74, 6) is 0.840. The lowest BCUT2D eigenvalue weighted by atomic mass is 10.1. The van der Waals surface area contributed by atoms with Gasteiger partial charge in [0.2, 0.25) is 5.88 Å². The zero-order valence-corrected chi connectivity index (χ0v) is 29.7. The quantitative estimate of drug-likeness (QED) is 0.155. The zero-order chi connectivity index (χ0) is 37.3. The molecular formula is C39H36F3N5O5S. The van der Waals surface area contributed by atoms with Gasteiger partial charge in [-0.2, -0.15) is 13.2 Å². The topological polar surface area (TPSA) is 106 Å². The van der Waals surface area contributed by atoms with Crippen molar-refractivity contribution in [1.82, 2.24) is 19.4 Å². The highest BCUT2D eigenvalue weighted by Crippen LogP contribution is 2.30.